The van der Waals surface area contributed by atoms with E-state index in [-0.39, 0.29) is 5.25 Å². The van der Waals surface area contributed by atoms with Crippen molar-refractivity contribution in [3.63, 3.8) is 0 Å². The van der Waals surface area contributed by atoms with Gasteiger partial charge in [0.05, 0.1) is 0 Å². The van der Waals surface area contributed by atoms with E-state index >= 15 is 0 Å². The maximum absolute atomic E-state index is 11.0. The second-order valence-electron chi connectivity index (χ2n) is 3.00. The molecule has 0 bridgehead atoms. The molecule has 0 aliphatic carbocycles. The molecule has 4 N–H and O–H groups in total. The highest BCUT2D eigenvalue weighted by Gasteiger charge is 2.04. The molecule has 0 heterocycles. The summed E-state index contributed by atoms with van der Waals surface area (Å²) in [6.45, 7) is 5.33. The Kier molecular flexibility index (Phi) is 7.41. The lowest BCUT2D eigenvalue weighted by Crippen LogP contribution is -2.41. The number of rotatable bonds is 5. The van der Waals surface area contributed by atoms with Crippen molar-refractivity contribution in [2.75, 3.05) is 19.3 Å². The van der Waals surface area contributed by atoms with Crippen molar-refractivity contribution in [3.05, 3.63) is 0 Å². The molecule has 0 amide bonds. The SMILES string of the molecule is CCNC(=NCCC(C)S(C)=O)NN. The lowest BCUT2D eigenvalue weighted by atomic mass is 10.3. The second kappa shape index (κ2) is 7.75. The molecule has 0 aliphatic rings. The van der Waals surface area contributed by atoms with Gasteiger partial charge in [-0.1, -0.05) is 6.92 Å². The minimum Gasteiger partial charge on any atom is -0.356 e. The van der Waals surface area contributed by atoms with Crippen molar-refractivity contribution in [2.24, 2.45) is 10.8 Å². The molecular weight excluding hydrogens is 200 g/mol. The van der Waals surface area contributed by atoms with Crippen molar-refractivity contribution in [1.29, 1.82) is 0 Å². The summed E-state index contributed by atoms with van der Waals surface area (Å²) in [5.74, 6) is 5.82. The Morgan fingerprint density at radius 2 is 2.29 bits per heavy atom. The van der Waals surface area contributed by atoms with Crippen LogP contribution in [0.25, 0.3) is 0 Å². The summed E-state index contributed by atoms with van der Waals surface area (Å²) < 4.78 is 11.0. The number of hydrogen-bond donors (Lipinski definition) is 3. The van der Waals surface area contributed by atoms with Crippen LogP contribution < -0.4 is 16.6 Å². The molecule has 0 radical (unpaired) electrons. The number of hydrazine groups is 1. The highest BCUT2D eigenvalue weighted by molar-refractivity contribution is 7.84. The van der Waals surface area contributed by atoms with Gasteiger partial charge in [-0.3, -0.25) is 14.6 Å². The van der Waals surface area contributed by atoms with Crippen LogP contribution in [0.2, 0.25) is 0 Å². The zero-order chi connectivity index (χ0) is 11.0. The van der Waals surface area contributed by atoms with Crippen LogP contribution in [0.3, 0.4) is 0 Å². The van der Waals surface area contributed by atoms with Crippen molar-refractivity contribution >= 4 is 16.8 Å². The largest absolute Gasteiger partial charge is 0.356 e. The average Bonchev–Trinajstić information content (AvgIpc) is 2.16. The highest BCUT2D eigenvalue weighted by atomic mass is 32.2. The Labute approximate surface area is 88.0 Å². The Morgan fingerprint density at radius 1 is 1.64 bits per heavy atom. The average molecular weight is 220 g/mol. The fourth-order valence-corrected chi connectivity index (χ4v) is 1.28. The van der Waals surface area contributed by atoms with E-state index in [0.29, 0.717) is 12.5 Å². The molecular formula is C8H20N4OS. The first-order valence-electron chi connectivity index (χ1n) is 4.69. The molecule has 0 spiro atoms. The third kappa shape index (κ3) is 5.93. The van der Waals surface area contributed by atoms with Crippen molar-refractivity contribution in [1.82, 2.24) is 10.7 Å². The van der Waals surface area contributed by atoms with Gasteiger partial charge in [-0.2, -0.15) is 0 Å². The molecule has 5 nitrogen and oxygen atoms in total. The molecule has 0 rings (SSSR count). The van der Waals surface area contributed by atoms with Gasteiger partial charge in [0, 0.05) is 35.4 Å². The molecule has 84 valence electrons. The predicted octanol–water partition coefficient (Wildman–Crippen LogP) is -0.428. The monoisotopic (exact) mass is 220 g/mol. The van der Waals surface area contributed by atoms with E-state index in [1.54, 1.807) is 6.26 Å². The third-order valence-electron chi connectivity index (χ3n) is 1.85. The van der Waals surface area contributed by atoms with Crippen LogP contribution in [0.1, 0.15) is 20.3 Å². The number of aliphatic imine (C=N–C) groups is 1. The summed E-state index contributed by atoms with van der Waals surface area (Å²) >= 11 is 0. The number of nitrogens with zero attached hydrogens (tertiary/aromatic N) is 1. The summed E-state index contributed by atoms with van der Waals surface area (Å²) in [5, 5.41) is 3.15. The number of nitrogens with one attached hydrogen (secondary N) is 2. The van der Waals surface area contributed by atoms with Gasteiger partial charge in [0.25, 0.3) is 0 Å². The number of guanidine groups is 1. The Balaban J connectivity index is 3.83. The molecule has 2 atom stereocenters. The molecule has 0 aromatic rings. The summed E-state index contributed by atoms with van der Waals surface area (Å²) in [6, 6.07) is 0. The van der Waals surface area contributed by atoms with Crippen molar-refractivity contribution < 1.29 is 4.21 Å². The topological polar surface area (TPSA) is 79.5 Å². The summed E-state index contributed by atoms with van der Waals surface area (Å²) in [7, 11) is -0.772. The molecule has 0 saturated heterocycles. The second-order valence-corrected chi connectivity index (χ2v) is 4.80. The maximum Gasteiger partial charge on any atom is 0.205 e. The summed E-state index contributed by atoms with van der Waals surface area (Å²) in [4.78, 5) is 4.19. The first-order valence-corrected chi connectivity index (χ1v) is 6.31. The van der Waals surface area contributed by atoms with Gasteiger partial charge in [-0.25, -0.2) is 5.84 Å². The Hall–Kier alpha value is -0.620. The van der Waals surface area contributed by atoms with Crippen LogP contribution in [0.4, 0.5) is 0 Å². The number of nitrogens with two attached hydrogens (primary N) is 1. The quantitative estimate of drug-likeness (QED) is 0.254. The number of hydrogen-bond acceptors (Lipinski definition) is 3. The standard InChI is InChI=1S/C8H20N4OS/c1-4-10-8(12-9)11-6-5-7(2)14(3)13/h7H,4-6,9H2,1-3H3,(H2,10,11,12). The molecule has 0 aromatic heterocycles. The lowest BCUT2D eigenvalue weighted by Gasteiger charge is -2.08. The molecule has 0 fully saturated rings. The maximum atomic E-state index is 11.0. The predicted molar refractivity (Wildman–Crippen MR) is 61.4 cm³/mol. The van der Waals surface area contributed by atoms with Gasteiger partial charge >= 0.3 is 0 Å². The zero-order valence-electron chi connectivity index (χ0n) is 9.04. The Morgan fingerprint density at radius 3 is 2.71 bits per heavy atom. The van der Waals surface area contributed by atoms with Crippen LogP contribution in [-0.4, -0.2) is 34.8 Å². The molecule has 0 saturated carbocycles. The van der Waals surface area contributed by atoms with E-state index in [2.05, 4.69) is 15.7 Å². The van der Waals surface area contributed by atoms with Gasteiger partial charge in [0.15, 0.2) is 0 Å². The van der Waals surface area contributed by atoms with Crippen LogP contribution in [0.15, 0.2) is 4.99 Å². The fourth-order valence-electron chi connectivity index (χ4n) is 0.844. The van der Waals surface area contributed by atoms with Gasteiger partial charge in [-0.15, -0.1) is 0 Å². The van der Waals surface area contributed by atoms with Gasteiger partial charge in [-0.05, 0) is 13.3 Å². The van der Waals surface area contributed by atoms with E-state index in [1.165, 1.54) is 0 Å². The van der Waals surface area contributed by atoms with Crippen LogP contribution in [0, 0.1) is 0 Å². The van der Waals surface area contributed by atoms with E-state index in [1.807, 2.05) is 13.8 Å². The molecule has 0 aliphatic heterocycles. The summed E-state index contributed by atoms with van der Waals surface area (Å²) in [6.07, 6.45) is 2.51. The van der Waals surface area contributed by atoms with E-state index in [4.69, 9.17) is 5.84 Å². The smallest absolute Gasteiger partial charge is 0.205 e. The van der Waals surface area contributed by atoms with E-state index < -0.39 is 10.8 Å². The van der Waals surface area contributed by atoms with Crippen molar-refractivity contribution in [3.8, 4) is 0 Å². The first-order chi connectivity index (χ1) is 6.61. The van der Waals surface area contributed by atoms with E-state index in [0.717, 1.165) is 13.0 Å². The van der Waals surface area contributed by atoms with Gasteiger partial charge in [0.1, 0.15) is 0 Å². The lowest BCUT2D eigenvalue weighted by molar-refractivity contribution is 0.670. The third-order valence-corrected chi connectivity index (χ3v) is 3.22. The minimum absolute atomic E-state index is 0.180. The van der Waals surface area contributed by atoms with Crippen LogP contribution in [0.5, 0.6) is 0 Å². The minimum atomic E-state index is -0.772. The van der Waals surface area contributed by atoms with Gasteiger partial charge < -0.3 is 5.32 Å². The highest BCUT2D eigenvalue weighted by Crippen LogP contribution is 1.98. The molecule has 0 aromatic carbocycles. The van der Waals surface area contributed by atoms with Gasteiger partial charge in [0.2, 0.25) is 5.96 Å². The molecule has 2 unspecified atom stereocenters. The Bertz CT molecular complexity index is 208. The zero-order valence-corrected chi connectivity index (χ0v) is 9.86. The van der Waals surface area contributed by atoms with Crippen molar-refractivity contribution in [2.45, 2.75) is 25.5 Å². The van der Waals surface area contributed by atoms with Crippen LogP contribution in [-0.2, 0) is 10.8 Å². The summed E-state index contributed by atoms with van der Waals surface area (Å²) in [5.41, 5.74) is 2.47. The van der Waals surface area contributed by atoms with E-state index in [9.17, 15) is 4.21 Å². The fraction of sp³-hybridized carbons (Fsp3) is 0.875. The molecule has 14 heavy (non-hydrogen) atoms. The molecule has 6 heteroatoms. The first kappa shape index (κ1) is 13.4. The van der Waals surface area contributed by atoms with Crippen LogP contribution >= 0.6 is 0 Å². The normalized spacial score (nSPS) is 16.1.